The van der Waals surface area contributed by atoms with Gasteiger partial charge in [0.15, 0.2) is 6.10 Å². The quantitative estimate of drug-likeness (QED) is 0.0200. The lowest BCUT2D eigenvalue weighted by Crippen LogP contribution is -2.30. The minimum absolute atomic E-state index is 0.117. The van der Waals surface area contributed by atoms with Crippen molar-refractivity contribution in [3.8, 4) is 0 Å². The molecule has 6 heteroatoms. The third-order valence-electron chi connectivity index (χ3n) is 10.1. The maximum Gasteiger partial charge on any atom is 0.306 e. The lowest BCUT2D eigenvalue weighted by molar-refractivity contribution is -0.167. The van der Waals surface area contributed by atoms with Gasteiger partial charge in [0.1, 0.15) is 13.2 Å². The molecule has 0 aliphatic heterocycles. The summed E-state index contributed by atoms with van der Waals surface area (Å²) in [5.41, 5.74) is 0. The Balaban J connectivity index is 4.54. The molecule has 0 heterocycles. The van der Waals surface area contributed by atoms with Crippen molar-refractivity contribution in [3.05, 3.63) is 109 Å². The van der Waals surface area contributed by atoms with Crippen molar-refractivity contribution < 1.29 is 28.6 Å². The van der Waals surface area contributed by atoms with Crippen LogP contribution in [0.4, 0.5) is 0 Å². The summed E-state index contributed by atoms with van der Waals surface area (Å²) >= 11 is 0. The summed E-state index contributed by atoms with van der Waals surface area (Å²) in [7, 11) is 0. The van der Waals surface area contributed by atoms with Crippen LogP contribution in [0.3, 0.4) is 0 Å². The summed E-state index contributed by atoms with van der Waals surface area (Å²) in [5.74, 6) is -1.02. The first-order valence-corrected chi connectivity index (χ1v) is 24.9. The second-order valence-corrected chi connectivity index (χ2v) is 16.1. The van der Waals surface area contributed by atoms with Crippen LogP contribution in [0, 0.1) is 0 Å². The molecule has 0 aliphatic carbocycles. The number of ether oxygens (including phenoxy) is 3. The maximum absolute atomic E-state index is 12.8. The summed E-state index contributed by atoms with van der Waals surface area (Å²) in [6, 6.07) is 0. The number of carbonyl (C=O) groups is 3. The molecule has 350 valence electrons. The minimum Gasteiger partial charge on any atom is -0.462 e. The van der Waals surface area contributed by atoms with E-state index < -0.39 is 6.10 Å². The second-order valence-electron chi connectivity index (χ2n) is 16.1. The van der Waals surface area contributed by atoms with E-state index in [-0.39, 0.29) is 37.5 Å². The van der Waals surface area contributed by atoms with Crippen molar-refractivity contribution in [1.29, 1.82) is 0 Å². The number of allylic oxidation sites excluding steroid dienone is 18. The zero-order chi connectivity index (χ0) is 45.1. The van der Waals surface area contributed by atoms with Gasteiger partial charge in [-0.25, -0.2) is 0 Å². The first kappa shape index (κ1) is 58.1. The van der Waals surface area contributed by atoms with E-state index >= 15 is 0 Å². The van der Waals surface area contributed by atoms with E-state index in [0.29, 0.717) is 19.3 Å². The molecule has 0 radical (unpaired) electrons. The Bertz CT molecular complexity index is 1310. The van der Waals surface area contributed by atoms with E-state index in [0.717, 1.165) is 89.9 Å². The first-order chi connectivity index (χ1) is 30.5. The standard InChI is InChI=1S/C56H90O6/c1-4-7-10-13-16-19-22-25-27-28-29-32-34-37-40-43-46-49-55(58)61-52-53(51-60-54(57)48-45-42-39-36-33-30-24-21-18-15-12-9-6-3)62-56(59)50-47-44-41-38-35-31-26-23-20-17-14-11-8-5-2/h7,9-10,12,15-16,18-19,21,24-25,27,29-30,32-33,37,40,53H,4-6,8,11,13-14,17,20,22-23,26,28,31,34-36,38-39,41-52H2,1-3H3/b10-7+,12-9+,18-15+,19-16+,24-21+,27-25+,32-29+,33-30+,40-37+. The molecule has 0 aromatic rings. The molecule has 0 N–H and O–H groups in total. The SMILES string of the molecule is CC/C=C/C=C/C=C/C=C/CCCCCC(=O)OCC(COC(=O)CCC/C=C/C/C=C/C/C=C/C/C=C/C/C=C/CC)OC(=O)CCCCCCCCCCCCCCCC. The van der Waals surface area contributed by atoms with Crippen LogP contribution in [-0.2, 0) is 28.6 Å². The van der Waals surface area contributed by atoms with E-state index in [2.05, 4.69) is 93.7 Å². The highest BCUT2D eigenvalue weighted by atomic mass is 16.6. The van der Waals surface area contributed by atoms with Gasteiger partial charge in [0.05, 0.1) is 0 Å². The molecule has 0 amide bonds. The lowest BCUT2D eigenvalue weighted by atomic mass is 10.0. The summed E-state index contributed by atoms with van der Waals surface area (Å²) in [6.45, 7) is 6.28. The fraction of sp³-hybridized carbons (Fsp3) is 0.625. The number of rotatable bonds is 43. The Morgan fingerprint density at radius 2 is 0.726 bits per heavy atom. The molecule has 0 aromatic heterocycles. The Labute approximate surface area is 380 Å². The summed E-state index contributed by atoms with van der Waals surface area (Å²) in [4.78, 5) is 37.9. The van der Waals surface area contributed by atoms with Crippen molar-refractivity contribution in [3.63, 3.8) is 0 Å². The van der Waals surface area contributed by atoms with Crippen LogP contribution in [0.25, 0.3) is 0 Å². The van der Waals surface area contributed by atoms with Gasteiger partial charge in [-0.1, -0.05) is 220 Å². The van der Waals surface area contributed by atoms with Crippen LogP contribution >= 0.6 is 0 Å². The van der Waals surface area contributed by atoms with Gasteiger partial charge in [-0.3, -0.25) is 14.4 Å². The molecule has 6 nitrogen and oxygen atoms in total. The maximum atomic E-state index is 12.8. The molecule has 0 spiro atoms. The Morgan fingerprint density at radius 1 is 0.355 bits per heavy atom. The number of esters is 3. The van der Waals surface area contributed by atoms with Gasteiger partial charge >= 0.3 is 17.9 Å². The van der Waals surface area contributed by atoms with Gasteiger partial charge in [-0.05, 0) is 77.0 Å². The van der Waals surface area contributed by atoms with E-state index in [1.807, 2.05) is 36.5 Å². The highest BCUT2D eigenvalue weighted by Crippen LogP contribution is 2.14. The van der Waals surface area contributed by atoms with Crippen molar-refractivity contribution in [2.24, 2.45) is 0 Å². The van der Waals surface area contributed by atoms with E-state index in [4.69, 9.17) is 14.2 Å². The third kappa shape index (κ3) is 47.1. The van der Waals surface area contributed by atoms with Crippen LogP contribution in [-0.4, -0.2) is 37.2 Å². The van der Waals surface area contributed by atoms with Gasteiger partial charge < -0.3 is 14.2 Å². The van der Waals surface area contributed by atoms with Crippen LogP contribution in [0.2, 0.25) is 0 Å². The molecule has 0 saturated carbocycles. The number of unbranched alkanes of at least 4 members (excludes halogenated alkanes) is 17. The predicted octanol–water partition coefficient (Wildman–Crippen LogP) is 16.4. The second kappa shape index (κ2) is 49.7. The molecule has 1 unspecified atom stereocenters. The normalized spacial score (nSPS) is 13.0. The lowest BCUT2D eigenvalue weighted by Gasteiger charge is -2.18. The van der Waals surface area contributed by atoms with Gasteiger partial charge in [-0.2, -0.15) is 0 Å². The Morgan fingerprint density at radius 3 is 1.23 bits per heavy atom. The average Bonchev–Trinajstić information content (AvgIpc) is 3.27. The van der Waals surface area contributed by atoms with Crippen molar-refractivity contribution in [2.75, 3.05) is 13.2 Å². The smallest absolute Gasteiger partial charge is 0.306 e. The molecule has 62 heavy (non-hydrogen) atoms. The number of hydrogen-bond acceptors (Lipinski definition) is 6. The number of hydrogen-bond donors (Lipinski definition) is 0. The van der Waals surface area contributed by atoms with Gasteiger partial charge in [0, 0.05) is 19.3 Å². The fourth-order valence-electron chi connectivity index (χ4n) is 6.43. The molecule has 0 bridgehead atoms. The Kier molecular flexibility index (Phi) is 46.6. The molecular weight excluding hydrogens is 769 g/mol. The fourth-order valence-corrected chi connectivity index (χ4v) is 6.43. The zero-order valence-corrected chi connectivity index (χ0v) is 39.8. The first-order valence-electron chi connectivity index (χ1n) is 24.9. The third-order valence-corrected chi connectivity index (χ3v) is 10.1. The number of carbonyl (C=O) groups excluding carboxylic acids is 3. The van der Waals surface area contributed by atoms with Crippen LogP contribution in [0.1, 0.15) is 207 Å². The predicted molar refractivity (Wildman–Crippen MR) is 265 cm³/mol. The summed E-state index contributed by atoms with van der Waals surface area (Å²) < 4.78 is 16.7. The molecular formula is C56H90O6. The summed E-state index contributed by atoms with van der Waals surface area (Å²) in [5, 5.41) is 0. The topological polar surface area (TPSA) is 78.9 Å². The van der Waals surface area contributed by atoms with Crippen molar-refractivity contribution in [1.82, 2.24) is 0 Å². The molecule has 0 fully saturated rings. The monoisotopic (exact) mass is 859 g/mol. The average molecular weight is 859 g/mol. The van der Waals surface area contributed by atoms with Crippen LogP contribution in [0.15, 0.2) is 109 Å². The van der Waals surface area contributed by atoms with Gasteiger partial charge in [0.25, 0.3) is 0 Å². The molecule has 1 atom stereocenters. The van der Waals surface area contributed by atoms with Crippen LogP contribution in [0.5, 0.6) is 0 Å². The van der Waals surface area contributed by atoms with Gasteiger partial charge in [0.2, 0.25) is 0 Å². The van der Waals surface area contributed by atoms with Crippen molar-refractivity contribution in [2.45, 2.75) is 213 Å². The highest BCUT2D eigenvalue weighted by molar-refractivity contribution is 5.71. The van der Waals surface area contributed by atoms with Crippen LogP contribution < -0.4 is 0 Å². The van der Waals surface area contributed by atoms with Gasteiger partial charge in [-0.15, -0.1) is 0 Å². The Hall–Kier alpha value is -3.93. The highest BCUT2D eigenvalue weighted by Gasteiger charge is 2.19. The minimum atomic E-state index is -0.816. The van der Waals surface area contributed by atoms with E-state index in [1.165, 1.54) is 70.6 Å². The zero-order valence-electron chi connectivity index (χ0n) is 39.8. The molecule has 0 aromatic carbocycles. The van der Waals surface area contributed by atoms with E-state index in [9.17, 15) is 14.4 Å². The molecule has 0 rings (SSSR count). The van der Waals surface area contributed by atoms with E-state index in [1.54, 1.807) is 0 Å². The largest absolute Gasteiger partial charge is 0.462 e. The summed E-state index contributed by atoms with van der Waals surface area (Å²) in [6.07, 6.45) is 66.5. The molecule has 0 saturated heterocycles. The van der Waals surface area contributed by atoms with Crippen molar-refractivity contribution >= 4 is 17.9 Å². The molecule has 0 aliphatic rings.